The Morgan fingerprint density at radius 1 is 1.14 bits per heavy atom. The number of aromatic nitrogens is 3. The summed E-state index contributed by atoms with van der Waals surface area (Å²) in [5.41, 5.74) is 7.29. The van der Waals surface area contributed by atoms with E-state index in [9.17, 15) is 22.8 Å². The van der Waals surface area contributed by atoms with Crippen LogP contribution in [0.2, 0.25) is 0 Å². The van der Waals surface area contributed by atoms with E-state index in [4.69, 9.17) is 20.2 Å². The number of hydrogen-bond acceptors (Lipinski definition) is 7. The molecular weight excluding hydrogens is 577 g/mol. The summed E-state index contributed by atoms with van der Waals surface area (Å²) >= 11 is 0. The van der Waals surface area contributed by atoms with Crippen molar-refractivity contribution in [1.82, 2.24) is 19.3 Å². The molecule has 2 aromatic heterocycles. The highest BCUT2D eigenvalue weighted by Gasteiger charge is 2.38. The summed E-state index contributed by atoms with van der Waals surface area (Å²) < 4.78 is 52.6. The van der Waals surface area contributed by atoms with E-state index in [-0.39, 0.29) is 48.1 Å². The Hall–Kier alpha value is -4.65. The van der Waals surface area contributed by atoms with Gasteiger partial charge in [0.15, 0.2) is 0 Å². The fourth-order valence-corrected chi connectivity index (χ4v) is 6.03. The van der Waals surface area contributed by atoms with Crippen molar-refractivity contribution < 1.29 is 32.2 Å². The van der Waals surface area contributed by atoms with Crippen LogP contribution in [0.25, 0.3) is 16.8 Å². The number of anilines is 2. The number of nitrogens with zero attached hydrogens (tertiary/aromatic N) is 4. The topological polar surface area (TPSA) is 124 Å². The van der Waals surface area contributed by atoms with Gasteiger partial charge < -0.3 is 25.4 Å². The van der Waals surface area contributed by atoms with Crippen molar-refractivity contribution in [1.29, 1.82) is 0 Å². The zero-order valence-electron chi connectivity index (χ0n) is 23.9. The first-order chi connectivity index (χ1) is 21.1. The Morgan fingerprint density at radius 3 is 2.77 bits per heavy atom. The van der Waals surface area contributed by atoms with Crippen LogP contribution in [0.1, 0.15) is 53.3 Å². The Morgan fingerprint density at radius 2 is 1.98 bits per heavy atom. The maximum atomic E-state index is 13.2. The number of piperidine rings is 1. The lowest BCUT2D eigenvalue weighted by Crippen LogP contribution is -2.41. The molecule has 4 heterocycles. The second-order valence-corrected chi connectivity index (χ2v) is 10.9. The fourth-order valence-electron chi connectivity index (χ4n) is 6.03. The van der Waals surface area contributed by atoms with Crippen LogP contribution in [0.3, 0.4) is 0 Å². The highest BCUT2D eigenvalue weighted by atomic mass is 19.4. The molecule has 10 nitrogen and oxygen atoms in total. The van der Waals surface area contributed by atoms with Crippen molar-refractivity contribution >= 4 is 28.8 Å². The molecular formula is C31H31F3N6O4. The van der Waals surface area contributed by atoms with Gasteiger partial charge in [0.1, 0.15) is 35.2 Å². The Balaban J connectivity index is 1.37. The second-order valence-electron chi connectivity index (χ2n) is 10.9. The van der Waals surface area contributed by atoms with Gasteiger partial charge >= 0.3 is 6.18 Å². The van der Waals surface area contributed by atoms with Gasteiger partial charge in [0.25, 0.3) is 5.91 Å². The number of ether oxygens (including phenoxy) is 2. The van der Waals surface area contributed by atoms with Crippen molar-refractivity contribution in [2.75, 3.05) is 37.9 Å². The zero-order chi connectivity index (χ0) is 31.0. The number of carbonyl (C=O) groups is 2. The van der Waals surface area contributed by atoms with Crippen LogP contribution in [0, 0.1) is 0 Å². The molecule has 2 aromatic carbocycles. The molecule has 2 aliphatic heterocycles. The van der Waals surface area contributed by atoms with Crippen LogP contribution in [0.15, 0.2) is 54.9 Å². The largest absolute Gasteiger partial charge is 0.490 e. The number of carbonyl (C=O) groups excluding carboxylic acids is 2. The monoisotopic (exact) mass is 608 g/mol. The molecule has 3 N–H and O–H groups in total. The van der Waals surface area contributed by atoms with E-state index in [0.717, 1.165) is 37.2 Å². The first-order valence-corrected chi connectivity index (χ1v) is 14.3. The Kier molecular flexibility index (Phi) is 7.89. The number of methoxy groups -OCH3 is 1. The minimum Gasteiger partial charge on any atom is -0.490 e. The molecule has 0 saturated carbocycles. The van der Waals surface area contributed by atoms with E-state index >= 15 is 0 Å². The van der Waals surface area contributed by atoms with Gasteiger partial charge in [-0.2, -0.15) is 13.2 Å². The minimum atomic E-state index is -4.54. The van der Waals surface area contributed by atoms with Crippen molar-refractivity contribution in [2.24, 2.45) is 0 Å². The first kappa shape index (κ1) is 29.4. The van der Waals surface area contributed by atoms with E-state index in [0.29, 0.717) is 35.5 Å². The number of amides is 2. The van der Waals surface area contributed by atoms with Gasteiger partial charge in [-0.15, -0.1) is 0 Å². The number of hydrogen-bond donors (Lipinski definition) is 2. The predicted octanol–water partition coefficient (Wildman–Crippen LogP) is 5.14. The maximum Gasteiger partial charge on any atom is 0.416 e. The quantitative estimate of drug-likeness (QED) is 0.266. The molecule has 2 amide bonds. The summed E-state index contributed by atoms with van der Waals surface area (Å²) in [6, 6.07) is 9.42. The van der Waals surface area contributed by atoms with E-state index in [1.807, 2.05) is 9.30 Å². The summed E-state index contributed by atoms with van der Waals surface area (Å²) in [7, 11) is 1.53. The molecule has 2 saturated heterocycles. The maximum absolute atomic E-state index is 13.2. The van der Waals surface area contributed by atoms with Crippen LogP contribution in [0.5, 0.6) is 5.75 Å². The van der Waals surface area contributed by atoms with Crippen LogP contribution >= 0.6 is 0 Å². The number of nitrogen functional groups attached to an aromatic ring is 1. The SMILES string of the molecule is COCCOc1cc(C(=O)Nc2cccc(C(F)(F)F)c2)ccc1-c1nc([C@@H]2CC[C@H]3CCC(=O)N3C2)n2ccnc(N)c12. The summed E-state index contributed by atoms with van der Waals surface area (Å²) in [6.45, 7) is 0.998. The molecule has 2 aliphatic rings. The number of halogens is 3. The molecule has 0 radical (unpaired) electrons. The highest BCUT2D eigenvalue weighted by molar-refractivity contribution is 6.05. The minimum absolute atomic E-state index is 0.00513. The van der Waals surface area contributed by atoms with Gasteiger partial charge in [0, 0.05) is 61.2 Å². The summed E-state index contributed by atoms with van der Waals surface area (Å²) in [6.07, 6.45) is 2.04. The molecule has 6 rings (SSSR count). The molecule has 4 aromatic rings. The number of alkyl halides is 3. The lowest BCUT2D eigenvalue weighted by Gasteiger charge is -2.34. The molecule has 230 valence electrons. The number of nitrogens with one attached hydrogen (secondary N) is 1. The van der Waals surface area contributed by atoms with Crippen LogP contribution in [-0.2, 0) is 15.7 Å². The Bertz CT molecular complexity index is 1720. The number of nitrogens with two attached hydrogens (primary N) is 1. The summed E-state index contributed by atoms with van der Waals surface area (Å²) in [5, 5.41) is 2.53. The third kappa shape index (κ3) is 5.66. The van der Waals surface area contributed by atoms with Gasteiger partial charge in [-0.1, -0.05) is 6.07 Å². The smallest absolute Gasteiger partial charge is 0.416 e. The zero-order valence-corrected chi connectivity index (χ0v) is 23.9. The fraction of sp³-hybridized carbons (Fsp3) is 0.355. The lowest BCUT2D eigenvalue weighted by molar-refractivity contribution is -0.137. The van der Waals surface area contributed by atoms with E-state index < -0.39 is 17.6 Å². The standard InChI is InChI=1S/C31H31F3N6O4/c1-43-13-14-44-24-15-18(30(42)37-21-4-2-3-20(16-21)31(32,33)34)6-9-23(24)26-27-28(35)36-11-12-39(27)29(38-26)19-5-7-22-8-10-25(41)40(22)17-19/h2-4,6,9,11-12,15-16,19,22H,5,7-8,10,13-14,17H2,1H3,(H2,35,36)(H,37,42)/t19-,22+/m1/s1. The molecule has 44 heavy (non-hydrogen) atoms. The third-order valence-corrected chi connectivity index (χ3v) is 8.19. The number of fused-ring (bicyclic) bond motifs is 2. The van der Waals surface area contributed by atoms with Gasteiger partial charge in [-0.05, 0) is 55.7 Å². The molecule has 0 unspecified atom stereocenters. The van der Waals surface area contributed by atoms with Crippen LogP contribution in [0.4, 0.5) is 24.7 Å². The second kappa shape index (κ2) is 11.8. The predicted molar refractivity (Wildman–Crippen MR) is 156 cm³/mol. The van der Waals surface area contributed by atoms with Crippen molar-refractivity contribution in [3.8, 4) is 17.0 Å². The molecule has 2 fully saturated rings. The average molecular weight is 609 g/mol. The Labute approximate surface area is 251 Å². The van der Waals surface area contributed by atoms with Gasteiger partial charge in [-0.25, -0.2) is 9.97 Å². The summed E-state index contributed by atoms with van der Waals surface area (Å²) in [4.78, 5) is 36.9. The average Bonchev–Trinajstić information content (AvgIpc) is 3.58. The number of rotatable bonds is 8. The lowest BCUT2D eigenvalue weighted by atomic mass is 9.92. The van der Waals surface area contributed by atoms with Crippen LogP contribution in [-0.4, -0.2) is 64.0 Å². The third-order valence-electron chi connectivity index (χ3n) is 8.19. The van der Waals surface area contributed by atoms with E-state index in [2.05, 4.69) is 10.3 Å². The summed E-state index contributed by atoms with van der Waals surface area (Å²) in [5.74, 6) is 0.836. The molecule has 0 bridgehead atoms. The highest BCUT2D eigenvalue weighted by Crippen LogP contribution is 2.40. The van der Waals surface area contributed by atoms with Gasteiger partial charge in [0.2, 0.25) is 5.91 Å². The molecule has 13 heteroatoms. The first-order valence-electron chi connectivity index (χ1n) is 14.3. The van der Waals surface area contributed by atoms with Crippen LogP contribution < -0.4 is 15.8 Å². The van der Waals surface area contributed by atoms with Crippen molar-refractivity contribution in [3.05, 3.63) is 71.8 Å². The number of benzene rings is 2. The van der Waals surface area contributed by atoms with Crippen molar-refractivity contribution in [2.45, 2.75) is 43.8 Å². The molecule has 2 atom stereocenters. The van der Waals surface area contributed by atoms with E-state index in [1.54, 1.807) is 24.5 Å². The van der Waals surface area contributed by atoms with Crippen molar-refractivity contribution in [3.63, 3.8) is 0 Å². The van der Waals surface area contributed by atoms with Gasteiger partial charge in [-0.3, -0.25) is 14.0 Å². The molecule has 0 spiro atoms. The van der Waals surface area contributed by atoms with E-state index in [1.165, 1.54) is 25.3 Å². The van der Waals surface area contributed by atoms with Gasteiger partial charge in [0.05, 0.1) is 12.2 Å². The molecule has 0 aliphatic carbocycles. The number of imidazole rings is 1. The normalized spacial score (nSPS) is 18.5.